The van der Waals surface area contributed by atoms with Crippen LogP contribution < -0.4 is 9.50 Å². The van der Waals surface area contributed by atoms with Crippen LogP contribution in [-0.4, -0.2) is 26.6 Å². The Kier molecular flexibility index (Phi) is 7.04. The molecule has 0 radical (unpaired) electrons. The highest BCUT2D eigenvalue weighted by atomic mass is 32.2. The Morgan fingerprint density at radius 2 is 1.59 bits per heavy atom. The van der Waals surface area contributed by atoms with E-state index < -0.39 is 16.2 Å². The second-order valence-electron chi connectivity index (χ2n) is 6.88. The van der Waals surface area contributed by atoms with Crippen molar-refractivity contribution in [2.24, 2.45) is 0 Å². The molecule has 0 aromatic heterocycles. The normalized spacial score (nSPS) is 12.5. The maximum absolute atomic E-state index is 12.3. The van der Waals surface area contributed by atoms with Crippen LogP contribution in [-0.2, 0) is 16.5 Å². The van der Waals surface area contributed by atoms with E-state index in [1.807, 2.05) is 25.1 Å². The molecular formula is C23H25NO4S. The van der Waals surface area contributed by atoms with Gasteiger partial charge in [-0.15, -0.1) is 0 Å². The van der Waals surface area contributed by atoms with E-state index in [0.29, 0.717) is 12.1 Å². The van der Waals surface area contributed by atoms with E-state index in [2.05, 4.69) is 17.4 Å². The van der Waals surface area contributed by atoms with Crippen molar-refractivity contribution in [3.8, 4) is 5.75 Å². The first-order valence-electron chi connectivity index (χ1n) is 9.48. The molecule has 152 valence electrons. The lowest BCUT2D eigenvalue weighted by Gasteiger charge is -2.13. The van der Waals surface area contributed by atoms with Crippen LogP contribution in [0.5, 0.6) is 5.75 Å². The van der Waals surface area contributed by atoms with Gasteiger partial charge in [0.05, 0.1) is 6.10 Å². The van der Waals surface area contributed by atoms with Crippen molar-refractivity contribution in [3.63, 3.8) is 0 Å². The number of aryl methyl sites for hydroxylation is 1. The van der Waals surface area contributed by atoms with Gasteiger partial charge in [0.2, 0.25) is 0 Å². The molecule has 0 saturated carbocycles. The first-order chi connectivity index (χ1) is 13.9. The maximum Gasteiger partial charge on any atom is 0.339 e. The van der Waals surface area contributed by atoms with Crippen molar-refractivity contribution in [1.82, 2.24) is 5.32 Å². The van der Waals surface area contributed by atoms with Crippen molar-refractivity contribution in [2.75, 3.05) is 13.1 Å². The fourth-order valence-corrected chi connectivity index (χ4v) is 3.79. The molecule has 0 fully saturated rings. The quantitative estimate of drug-likeness (QED) is 0.415. The number of rotatable bonds is 9. The number of nitrogens with one attached hydrogen (secondary N) is 1. The number of hydrogen-bond acceptors (Lipinski definition) is 5. The summed E-state index contributed by atoms with van der Waals surface area (Å²) in [6.07, 6.45) is 0.200. The van der Waals surface area contributed by atoms with E-state index in [-0.39, 0.29) is 10.6 Å². The van der Waals surface area contributed by atoms with E-state index >= 15 is 0 Å². The molecule has 6 heteroatoms. The molecule has 2 N–H and O–H groups in total. The smallest absolute Gasteiger partial charge is 0.339 e. The van der Waals surface area contributed by atoms with E-state index in [1.54, 1.807) is 36.4 Å². The summed E-state index contributed by atoms with van der Waals surface area (Å²) in [6.45, 7) is 3.06. The number of hydrogen-bond donors (Lipinski definition) is 2. The van der Waals surface area contributed by atoms with Crippen molar-refractivity contribution >= 4 is 10.1 Å². The van der Waals surface area contributed by atoms with Gasteiger partial charge in [0.15, 0.2) is 0 Å². The molecule has 0 aliphatic rings. The largest absolute Gasteiger partial charge is 0.387 e. The second kappa shape index (κ2) is 9.69. The molecule has 0 spiro atoms. The Bertz CT molecular complexity index is 1000. The highest BCUT2D eigenvalue weighted by molar-refractivity contribution is 7.87. The molecule has 3 rings (SSSR count). The van der Waals surface area contributed by atoms with E-state index in [1.165, 1.54) is 17.7 Å². The lowest BCUT2D eigenvalue weighted by Crippen LogP contribution is -2.23. The lowest BCUT2D eigenvalue weighted by atomic mass is 10.1. The predicted octanol–water partition coefficient (Wildman–Crippen LogP) is 3.63. The fourth-order valence-electron chi connectivity index (χ4n) is 2.86. The standard InChI is InChI=1S/C23H25NO4S/c1-18-7-13-22(14-8-18)29(26,27)28-21-11-9-20(10-12-21)23(25)17-24-16-15-19-5-3-2-4-6-19/h2-14,23-25H,15-17H2,1H3/t23-/m1/s1. The molecule has 3 aromatic rings. The van der Waals surface area contributed by atoms with Crippen molar-refractivity contribution < 1.29 is 17.7 Å². The molecule has 0 saturated heterocycles. The van der Waals surface area contributed by atoms with Crippen LogP contribution in [0.3, 0.4) is 0 Å². The van der Waals surface area contributed by atoms with E-state index in [0.717, 1.165) is 18.5 Å². The Hall–Kier alpha value is -2.67. The molecule has 0 aliphatic heterocycles. The zero-order valence-corrected chi connectivity index (χ0v) is 17.1. The first-order valence-corrected chi connectivity index (χ1v) is 10.9. The van der Waals surface area contributed by atoms with Gasteiger partial charge < -0.3 is 14.6 Å². The molecule has 0 heterocycles. The molecule has 0 amide bonds. The third-order valence-electron chi connectivity index (χ3n) is 4.55. The molecule has 3 aromatic carbocycles. The molecule has 0 aliphatic carbocycles. The summed E-state index contributed by atoms with van der Waals surface area (Å²) in [7, 11) is -3.88. The summed E-state index contributed by atoms with van der Waals surface area (Å²) in [6, 6.07) is 23.1. The predicted molar refractivity (Wildman–Crippen MR) is 113 cm³/mol. The van der Waals surface area contributed by atoms with Gasteiger partial charge in [-0.05, 0) is 55.3 Å². The monoisotopic (exact) mass is 411 g/mol. The third-order valence-corrected chi connectivity index (χ3v) is 5.81. The fraction of sp³-hybridized carbons (Fsp3) is 0.217. The highest BCUT2D eigenvalue weighted by Gasteiger charge is 2.16. The Balaban J connectivity index is 1.51. The first kappa shape index (κ1) is 21.0. The van der Waals surface area contributed by atoms with Crippen LogP contribution in [0.2, 0.25) is 0 Å². The summed E-state index contributed by atoms with van der Waals surface area (Å²) in [5.74, 6) is 0.207. The van der Waals surface area contributed by atoms with E-state index in [4.69, 9.17) is 4.18 Å². The SMILES string of the molecule is Cc1ccc(S(=O)(=O)Oc2ccc([C@H](O)CNCCc3ccccc3)cc2)cc1. The summed E-state index contributed by atoms with van der Waals surface area (Å²) in [5.41, 5.74) is 2.91. The van der Waals surface area contributed by atoms with Crippen LogP contribution >= 0.6 is 0 Å². The van der Waals surface area contributed by atoms with Gasteiger partial charge in [0, 0.05) is 6.54 Å². The minimum absolute atomic E-state index is 0.106. The van der Waals surface area contributed by atoms with Gasteiger partial charge >= 0.3 is 10.1 Å². The van der Waals surface area contributed by atoms with Crippen molar-refractivity contribution in [1.29, 1.82) is 0 Å². The minimum atomic E-state index is -3.88. The van der Waals surface area contributed by atoms with Crippen LogP contribution in [0.15, 0.2) is 83.8 Å². The summed E-state index contributed by atoms with van der Waals surface area (Å²) in [5, 5.41) is 13.6. The number of aliphatic hydroxyl groups is 1. The summed E-state index contributed by atoms with van der Waals surface area (Å²) >= 11 is 0. The molecule has 0 bridgehead atoms. The van der Waals surface area contributed by atoms with Gasteiger partial charge in [0.25, 0.3) is 0 Å². The summed E-state index contributed by atoms with van der Waals surface area (Å²) in [4.78, 5) is 0.106. The van der Waals surface area contributed by atoms with Gasteiger partial charge in [-0.3, -0.25) is 0 Å². The van der Waals surface area contributed by atoms with Crippen LogP contribution in [0, 0.1) is 6.92 Å². The highest BCUT2D eigenvalue weighted by Crippen LogP contribution is 2.21. The van der Waals surface area contributed by atoms with Gasteiger partial charge in [-0.2, -0.15) is 8.42 Å². The average Bonchev–Trinajstić information content (AvgIpc) is 2.72. The lowest BCUT2D eigenvalue weighted by molar-refractivity contribution is 0.175. The average molecular weight is 412 g/mol. The maximum atomic E-state index is 12.3. The third kappa shape index (κ3) is 6.15. The number of benzene rings is 3. The Morgan fingerprint density at radius 3 is 2.24 bits per heavy atom. The Morgan fingerprint density at radius 1 is 0.931 bits per heavy atom. The van der Waals surface area contributed by atoms with Gasteiger partial charge in [-0.1, -0.05) is 60.2 Å². The molecular weight excluding hydrogens is 386 g/mol. The molecule has 0 unspecified atom stereocenters. The second-order valence-corrected chi connectivity index (χ2v) is 8.42. The van der Waals surface area contributed by atoms with Crippen LogP contribution in [0.25, 0.3) is 0 Å². The zero-order chi connectivity index (χ0) is 20.7. The van der Waals surface area contributed by atoms with E-state index in [9.17, 15) is 13.5 Å². The van der Waals surface area contributed by atoms with Gasteiger partial charge in [-0.25, -0.2) is 0 Å². The summed E-state index contributed by atoms with van der Waals surface area (Å²) < 4.78 is 29.9. The number of aliphatic hydroxyl groups excluding tert-OH is 1. The van der Waals surface area contributed by atoms with Crippen molar-refractivity contribution in [3.05, 3.63) is 95.6 Å². The minimum Gasteiger partial charge on any atom is -0.387 e. The molecule has 1 atom stereocenters. The van der Waals surface area contributed by atoms with Gasteiger partial charge in [0.1, 0.15) is 10.6 Å². The molecule has 5 nitrogen and oxygen atoms in total. The molecule has 29 heavy (non-hydrogen) atoms. The van der Waals surface area contributed by atoms with Crippen LogP contribution in [0.4, 0.5) is 0 Å². The Labute approximate surface area is 172 Å². The van der Waals surface area contributed by atoms with Crippen molar-refractivity contribution in [2.45, 2.75) is 24.3 Å². The zero-order valence-electron chi connectivity index (χ0n) is 16.3. The topological polar surface area (TPSA) is 75.6 Å². The van der Waals surface area contributed by atoms with Crippen LogP contribution in [0.1, 0.15) is 22.8 Å².